The van der Waals surface area contributed by atoms with E-state index in [2.05, 4.69) is 17.1 Å². The molecule has 0 amide bonds. The average molecular weight is 274 g/mol. The third-order valence-corrected chi connectivity index (χ3v) is 4.88. The molecule has 1 aliphatic carbocycles. The molecule has 0 bridgehead atoms. The Hall–Kier alpha value is -1.39. The Balaban J connectivity index is 1.88. The highest BCUT2D eigenvalue weighted by molar-refractivity contribution is 7.11. The Kier molecular flexibility index (Phi) is 3.53. The number of fused-ring (bicyclic) bond motifs is 1. The fraction of sp³-hybridized carbons (Fsp3) is 0.400. The van der Waals surface area contributed by atoms with Crippen LogP contribution in [0, 0.1) is 0 Å². The van der Waals surface area contributed by atoms with Crippen molar-refractivity contribution < 1.29 is 4.74 Å². The molecule has 4 heteroatoms. The maximum Gasteiger partial charge on any atom is 0.122 e. The number of thiazole rings is 1. The highest BCUT2D eigenvalue weighted by Crippen LogP contribution is 2.38. The number of aromatic nitrogens is 1. The van der Waals surface area contributed by atoms with E-state index in [9.17, 15) is 0 Å². The van der Waals surface area contributed by atoms with Gasteiger partial charge in [0.15, 0.2) is 0 Å². The van der Waals surface area contributed by atoms with Crippen molar-refractivity contribution in [2.45, 2.75) is 31.7 Å². The summed E-state index contributed by atoms with van der Waals surface area (Å²) in [7, 11) is 1.74. The van der Waals surface area contributed by atoms with Gasteiger partial charge in [0.05, 0.1) is 12.8 Å². The molecule has 19 heavy (non-hydrogen) atoms. The molecular formula is C15H18N2OS. The fourth-order valence-electron chi connectivity index (χ4n) is 2.78. The number of para-hydroxylation sites is 1. The van der Waals surface area contributed by atoms with Crippen LogP contribution in [-0.4, -0.2) is 12.1 Å². The van der Waals surface area contributed by atoms with Gasteiger partial charge in [0, 0.05) is 11.4 Å². The number of rotatable bonds is 3. The van der Waals surface area contributed by atoms with Crippen LogP contribution in [-0.2, 0) is 19.4 Å². The second-order valence-electron chi connectivity index (χ2n) is 4.86. The molecule has 1 heterocycles. The molecule has 0 saturated heterocycles. The Labute approximate surface area is 117 Å². The van der Waals surface area contributed by atoms with Gasteiger partial charge in [0.1, 0.15) is 10.8 Å². The molecule has 1 aliphatic rings. The normalized spacial score (nSPS) is 18.1. The minimum Gasteiger partial charge on any atom is -0.496 e. The Bertz CT molecular complexity index is 579. The summed E-state index contributed by atoms with van der Waals surface area (Å²) < 4.78 is 5.48. The van der Waals surface area contributed by atoms with E-state index in [0.717, 1.165) is 30.0 Å². The van der Waals surface area contributed by atoms with Crippen LogP contribution in [0.1, 0.15) is 33.5 Å². The summed E-state index contributed by atoms with van der Waals surface area (Å²) in [5, 5.41) is 1.06. The van der Waals surface area contributed by atoms with E-state index in [1.54, 1.807) is 18.4 Å². The van der Waals surface area contributed by atoms with Crippen LogP contribution < -0.4 is 10.5 Å². The molecule has 0 aliphatic heterocycles. The Morgan fingerprint density at radius 2 is 2.26 bits per heavy atom. The highest BCUT2D eigenvalue weighted by atomic mass is 32.1. The van der Waals surface area contributed by atoms with E-state index in [1.165, 1.54) is 16.1 Å². The molecule has 1 unspecified atom stereocenters. The fourth-order valence-corrected chi connectivity index (χ4v) is 3.86. The van der Waals surface area contributed by atoms with Crippen LogP contribution in [0.4, 0.5) is 0 Å². The van der Waals surface area contributed by atoms with Crippen molar-refractivity contribution in [3.8, 4) is 5.75 Å². The smallest absolute Gasteiger partial charge is 0.122 e. The third-order valence-electron chi connectivity index (χ3n) is 3.74. The predicted octanol–water partition coefficient (Wildman–Crippen LogP) is 2.88. The van der Waals surface area contributed by atoms with Gasteiger partial charge in [0.2, 0.25) is 0 Å². The SMILES string of the molecule is COc1ccccc1C1CCc2nc(CN)sc2C1. The number of benzene rings is 1. The van der Waals surface area contributed by atoms with E-state index in [-0.39, 0.29) is 0 Å². The van der Waals surface area contributed by atoms with Crippen molar-refractivity contribution in [2.24, 2.45) is 5.73 Å². The molecular weight excluding hydrogens is 256 g/mol. The summed E-state index contributed by atoms with van der Waals surface area (Å²) in [4.78, 5) is 6.01. The van der Waals surface area contributed by atoms with Crippen molar-refractivity contribution in [3.63, 3.8) is 0 Å². The van der Waals surface area contributed by atoms with Gasteiger partial charge in [0.25, 0.3) is 0 Å². The van der Waals surface area contributed by atoms with Gasteiger partial charge in [-0.05, 0) is 36.8 Å². The monoisotopic (exact) mass is 274 g/mol. The molecule has 0 saturated carbocycles. The minimum atomic E-state index is 0.537. The average Bonchev–Trinajstić information content (AvgIpc) is 2.89. The summed E-state index contributed by atoms with van der Waals surface area (Å²) in [5.41, 5.74) is 8.26. The lowest BCUT2D eigenvalue weighted by Crippen LogP contribution is -2.12. The lowest BCUT2D eigenvalue weighted by Gasteiger charge is -2.23. The topological polar surface area (TPSA) is 48.1 Å². The van der Waals surface area contributed by atoms with Crippen molar-refractivity contribution in [1.29, 1.82) is 0 Å². The number of methoxy groups -OCH3 is 1. The van der Waals surface area contributed by atoms with E-state index in [1.807, 2.05) is 12.1 Å². The summed E-state index contributed by atoms with van der Waals surface area (Å²) >= 11 is 1.77. The molecule has 1 aromatic heterocycles. The first-order valence-corrected chi connectivity index (χ1v) is 7.44. The van der Waals surface area contributed by atoms with Gasteiger partial charge in [-0.15, -0.1) is 11.3 Å². The van der Waals surface area contributed by atoms with Crippen LogP contribution in [0.3, 0.4) is 0 Å². The van der Waals surface area contributed by atoms with Gasteiger partial charge < -0.3 is 10.5 Å². The van der Waals surface area contributed by atoms with Crippen LogP contribution >= 0.6 is 11.3 Å². The summed E-state index contributed by atoms with van der Waals surface area (Å²) in [5.74, 6) is 1.54. The van der Waals surface area contributed by atoms with Gasteiger partial charge in [-0.3, -0.25) is 0 Å². The van der Waals surface area contributed by atoms with Crippen LogP contribution in [0.15, 0.2) is 24.3 Å². The first-order chi connectivity index (χ1) is 9.31. The molecule has 0 fully saturated rings. The zero-order chi connectivity index (χ0) is 13.2. The van der Waals surface area contributed by atoms with Gasteiger partial charge in [-0.25, -0.2) is 4.98 Å². The summed E-state index contributed by atoms with van der Waals surface area (Å²) in [6.07, 6.45) is 3.25. The Morgan fingerprint density at radius 1 is 1.42 bits per heavy atom. The maximum absolute atomic E-state index is 5.68. The zero-order valence-corrected chi connectivity index (χ0v) is 11.9. The molecule has 1 aromatic carbocycles. The summed E-state index contributed by atoms with van der Waals surface area (Å²) in [6, 6.07) is 8.34. The molecule has 0 radical (unpaired) electrons. The number of ether oxygens (including phenoxy) is 1. The lowest BCUT2D eigenvalue weighted by molar-refractivity contribution is 0.402. The number of aryl methyl sites for hydroxylation is 1. The minimum absolute atomic E-state index is 0.537. The van der Waals surface area contributed by atoms with Crippen molar-refractivity contribution in [2.75, 3.05) is 7.11 Å². The first-order valence-electron chi connectivity index (χ1n) is 6.62. The van der Waals surface area contributed by atoms with Gasteiger partial charge in [-0.2, -0.15) is 0 Å². The predicted molar refractivity (Wildman–Crippen MR) is 77.8 cm³/mol. The second-order valence-corrected chi connectivity index (χ2v) is 6.03. The lowest BCUT2D eigenvalue weighted by atomic mass is 9.85. The number of hydrogen-bond acceptors (Lipinski definition) is 4. The number of hydrogen-bond donors (Lipinski definition) is 1. The van der Waals surface area contributed by atoms with E-state index in [0.29, 0.717) is 12.5 Å². The van der Waals surface area contributed by atoms with Gasteiger partial charge in [-0.1, -0.05) is 18.2 Å². The van der Waals surface area contributed by atoms with Crippen LogP contribution in [0.5, 0.6) is 5.75 Å². The quantitative estimate of drug-likeness (QED) is 0.936. The van der Waals surface area contributed by atoms with Gasteiger partial charge >= 0.3 is 0 Å². The molecule has 2 aromatic rings. The molecule has 100 valence electrons. The van der Waals surface area contributed by atoms with Crippen molar-refractivity contribution in [1.82, 2.24) is 4.98 Å². The van der Waals surface area contributed by atoms with Crippen LogP contribution in [0.2, 0.25) is 0 Å². The van der Waals surface area contributed by atoms with E-state index < -0.39 is 0 Å². The standard InChI is InChI=1S/C15H18N2OS/c1-18-13-5-3-2-4-11(13)10-6-7-12-14(8-10)19-15(9-16)17-12/h2-5,10H,6-9,16H2,1H3. The van der Waals surface area contributed by atoms with Crippen molar-refractivity contribution in [3.05, 3.63) is 45.4 Å². The molecule has 1 atom stereocenters. The number of nitrogens with zero attached hydrogens (tertiary/aromatic N) is 1. The largest absolute Gasteiger partial charge is 0.496 e. The van der Waals surface area contributed by atoms with Crippen molar-refractivity contribution >= 4 is 11.3 Å². The highest BCUT2D eigenvalue weighted by Gasteiger charge is 2.25. The molecule has 3 rings (SSSR count). The second kappa shape index (κ2) is 5.31. The molecule has 2 N–H and O–H groups in total. The first kappa shape index (κ1) is 12.6. The zero-order valence-electron chi connectivity index (χ0n) is 11.1. The Morgan fingerprint density at radius 3 is 3.05 bits per heavy atom. The van der Waals surface area contributed by atoms with Crippen LogP contribution in [0.25, 0.3) is 0 Å². The molecule has 0 spiro atoms. The molecule has 3 nitrogen and oxygen atoms in total. The maximum atomic E-state index is 5.68. The van der Waals surface area contributed by atoms with E-state index >= 15 is 0 Å². The third kappa shape index (κ3) is 2.38. The number of nitrogens with two attached hydrogens (primary N) is 1. The van der Waals surface area contributed by atoms with E-state index in [4.69, 9.17) is 10.5 Å². The summed E-state index contributed by atoms with van der Waals surface area (Å²) in [6.45, 7) is 0.553.